The molecule has 0 spiro atoms. The summed E-state index contributed by atoms with van der Waals surface area (Å²) in [6, 6.07) is 10.7. The molecule has 3 amide bonds. The van der Waals surface area contributed by atoms with Gasteiger partial charge in [0, 0.05) is 15.7 Å². The normalized spacial score (nSPS) is 31.5. The van der Waals surface area contributed by atoms with Gasteiger partial charge in [-0.1, -0.05) is 28.1 Å². The Labute approximate surface area is 195 Å². The molecule has 4 aliphatic carbocycles. The van der Waals surface area contributed by atoms with Gasteiger partial charge in [-0.3, -0.25) is 19.3 Å². The molecule has 2 bridgehead atoms. The molecule has 32 heavy (non-hydrogen) atoms. The van der Waals surface area contributed by atoms with Crippen LogP contribution < -0.4 is 10.2 Å². The molecule has 5 aliphatic rings. The number of nitrogens with one attached hydrogen (secondary N) is 1. The van der Waals surface area contributed by atoms with Crippen LogP contribution in [0.25, 0.3) is 0 Å². The molecule has 0 unspecified atom stereocenters. The largest absolute Gasteiger partial charge is 0.322 e. The lowest BCUT2D eigenvalue weighted by Gasteiger charge is -2.37. The number of aryl methyl sites for hydroxylation is 2. The van der Waals surface area contributed by atoms with Crippen molar-refractivity contribution in [2.45, 2.75) is 20.3 Å². The van der Waals surface area contributed by atoms with Crippen molar-refractivity contribution in [1.29, 1.82) is 0 Å². The molecule has 6 heteroatoms. The van der Waals surface area contributed by atoms with Crippen molar-refractivity contribution in [3.05, 3.63) is 69.7 Å². The number of imide groups is 1. The summed E-state index contributed by atoms with van der Waals surface area (Å²) in [5, 5.41) is 2.96. The van der Waals surface area contributed by atoms with Crippen LogP contribution in [0.4, 0.5) is 11.4 Å². The number of allylic oxidation sites excluding steroid dienone is 2. The summed E-state index contributed by atoms with van der Waals surface area (Å²) in [6.07, 6.45) is 5.50. The van der Waals surface area contributed by atoms with Crippen molar-refractivity contribution < 1.29 is 14.4 Å². The summed E-state index contributed by atoms with van der Waals surface area (Å²) in [6.45, 7) is 3.92. The SMILES string of the molecule is Cc1cc(NC(=O)c2ccc(N3C(=O)[C@@H]4[C@H]5C=C[C@@H]([C@@H]6C[C@@H]56)[C@H]4C3=O)cc2)c(C)cc1Br. The second-order valence-corrected chi connectivity index (χ2v) is 10.4. The maximum atomic E-state index is 13.2. The first kappa shape index (κ1) is 19.9. The Morgan fingerprint density at radius 2 is 1.53 bits per heavy atom. The fourth-order valence-electron chi connectivity index (χ4n) is 6.08. The number of carbonyl (C=O) groups is 3. The number of rotatable bonds is 3. The van der Waals surface area contributed by atoms with Gasteiger partial charge in [-0.2, -0.15) is 0 Å². The highest BCUT2D eigenvalue weighted by Gasteiger charge is 2.67. The molecule has 162 valence electrons. The number of hydrogen-bond acceptors (Lipinski definition) is 3. The predicted octanol–water partition coefficient (Wildman–Crippen LogP) is 4.88. The minimum Gasteiger partial charge on any atom is -0.322 e. The van der Waals surface area contributed by atoms with Gasteiger partial charge in [0.15, 0.2) is 0 Å². The lowest BCUT2D eigenvalue weighted by molar-refractivity contribution is -0.124. The van der Waals surface area contributed by atoms with Gasteiger partial charge >= 0.3 is 0 Å². The summed E-state index contributed by atoms with van der Waals surface area (Å²) in [5.41, 5.74) is 3.79. The zero-order chi connectivity index (χ0) is 22.3. The zero-order valence-corrected chi connectivity index (χ0v) is 19.4. The molecule has 1 aliphatic heterocycles. The molecule has 6 atom stereocenters. The highest BCUT2D eigenvalue weighted by Crippen LogP contribution is 2.65. The second kappa shape index (κ2) is 6.88. The van der Waals surface area contributed by atoms with E-state index in [0.29, 0.717) is 23.1 Å². The fourth-order valence-corrected chi connectivity index (χ4v) is 6.54. The second-order valence-electron chi connectivity index (χ2n) is 9.58. The first-order valence-corrected chi connectivity index (χ1v) is 11.9. The lowest BCUT2D eigenvalue weighted by Crippen LogP contribution is -2.40. The van der Waals surface area contributed by atoms with E-state index in [2.05, 4.69) is 33.4 Å². The average Bonchev–Trinajstić information content (AvgIpc) is 3.55. The quantitative estimate of drug-likeness (QED) is 0.492. The van der Waals surface area contributed by atoms with E-state index >= 15 is 0 Å². The van der Waals surface area contributed by atoms with Crippen LogP contribution in [0.3, 0.4) is 0 Å². The topological polar surface area (TPSA) is 66.5 Å². The van der Waals surface area contributed by atoms with E-state index in [4.69, 9.17) is 0 Å². The van der Waals surface area contributed by atoms with E-state index in [-0.39, 0.29) is 41.4 Å². The van der Waals surface area contributed by atoms with E-state index < -0.39 is 0 Å². The third kappa shape index (κ3) is 2.78. The van der Waals surface area contributed by atoms with E-state index in [1.165, 1.54) is 4.90 Å². The molecular weight excluding hydrogens is 468 g/mol. The Balaban J connectivity index is 1.23. The molecule has 0 radical (unpaired) electrons. The Hall–Kier alpha value is -2.73. The van der Waals surface area contributed by atoms with E-state index in [1.54, 1.807) is 24.3 Å². The molecule has 1 saturated heterocycles. The van der Waals surface area contributed by atoms with E-state index in [1.807, 2.05) is 26.0 Å². The Morgan fingerprint density at radius 3 is 2.12 bits per heavy atom. The number of carbonyl (C=O) groups excluding carboxylic acids is 3. The van der Waals surface area contributed by atoms with Crippen LogP contribution >= 0.6 is 15.9 Å². The summed E-state index contributed by atoms with van der Waals surface area (Å²) in [4.78, 5) is 40.6. The molecule has 7 rings (SSSR count). The van der Waals surface area contributed by atoms with Gasteiger partial charge in [-0.05, 0) is 91.5 Å². The predicted molar refractivity (Wildman–Crippen MR) is 125 cm³/mol. The lowest BCUT2D eigenvalue weighted by atomic mass is 9.63. The van der Waals surface area contributed by atoms with Gasteiger partial charge in [0.2, 0.25) is 11.8 Å². The fraction of sp³-hybridized carbons (Fsp3) is 0.346. The zero-order valence-electron chi connectivity index (χ0n) is 17.8. The average molecular weight is 491 g/mol. The van der Waals surface area contributed by atoms with Crippen LogP contribution in [0.1, 0.15) is 27.9 Å². The van der Waals surface area contributed by atoms with Crippen LogP contribution in [0.15, 0.2) is 53.0 Å². The van der Waals surface area contributed by atoms with Crippen molar-refractivity contribution in [3.8, 4) is 0 Å². The summed E-state index contributed by atoms with van der Waals surface area (Å²) < 4.78 is 0.999. The number of hydrogen-bond donors (Lipinski definition) is 1. The highest BCUT2D eigenvalue weighted by molar-refractivity contribution is 9.10. The number of benzene rings is 2. The molecule has 3 fully saturated rings. The molecule has 2 aromatic rings. The van der Waals surface area contributed by atoms with Crippen molar-refractivity contribution in [2.24, 2.45) is 35.5 Å². The first-order chi connectivity index (χ1) is 15.3. The molecule has 2 aromatic carbocycles. The van der Waals surface area contributed by atoms with Gasteiger partial charge in [0.05, 0.1) is 17.5 Å². The maximum Gasteiger partial charge on any atom is 0.255 e. The highest BCUT2D eigenvalue weighted by atomic mass is 79.9. The van der Waals surface area contributed by atoms with Crippen molar-refractivity contribution in [3.63, 3.8) is 0 Å². The standard InChI is InChI=1S/C26H23BrN2O3/c1-12-10-21(13(2)9-20(12)27)28-24(30)14-3-5-15(6-4-14)29-25(31)22-16-7-8-17(19-11-18(16)19)23(22)26(29)32/h3-10,16-19,22-23H,11H2,1-2H3,(H,28,30)/t16-,17-,18-,19-,22+,23+/m0/s1. The van der Waals surface area contributed by atoms with Gasteiger partial charge in [0.25, 0.3) is 5.91 Å². The number of anilines is 2. The molecule has 1 heterocycles. The smallest absolute Gasteiger partial charge is 0.255 e. The Kier molecular flexibility index (Phi) is 4.28. The summed E-state index contributed by atoms with van der Waals surface area (Å²) in [5.74, 6) is 0.764. The van der Waals surface area contributed by atoms with Crippen molar-refractivity contribution in [1.82, 2.24) is 0 Å². The summed E-state index contributed by atoms with van der Waals surface area (Å²) >= 11 is 3.50. The van der Waals surface area contributed by atoms with Crippen LogP contribution in [0.5, 0.6) is 0 Å². The molecule has 2 saturated carbocycles. The third-order valence-electron chi connectivity index (χ3n) is 7.80. The van der Waals surface area contributed by atoms with Crippen molar-refractivity contribution in [2.75, 3.05) is 10.2 Å². The van der Waals surface area contributed by atoms with Crippen LogP contribution in [-0.4, -0.2) is 17.7 Å². The minimum atomic E-state index is -0.226. The number of amides is 3. The van der Waals surface area contributed by atoms with Crippen molar-refractivity contribution >= 4 is 45.0 Å². The first-order valence-electron chi connectivity index (χ1n) is 11.1. The number of nitrogens with zero attached hydrogens (tertiary/aromatic N) is 1. The van der Waals surface area contributed by atoms with Gasteiger partial charge in [0.1, 0.15) is 0 Å². The monoisotopic (exact) mass is 490 g/mol. The van der Waals surface area contributed by atoms with Gasteiger partial charge in [-0.25, -0.2) is 0 Å². The van der Waals surface area contributed by atoms with Crippen LogP contribution in [0, 0.1) is 49.4 Å². The minimum absolute atomic E-state index is 0.0807. The van der Waals surface area contributed by atoms with Gasteiger partial charge in [-0.15, -0.1) is 0 Å². The van der Waals surface area contributed by atoms with Gasteiger partial charge < -0.3 is 5.32 Å². The van der Waals surface area contributed by atoms with Crippen LogP contribution in [-0.2, 0) is 9.59 Å². The molecule has 0 aromatic heterocycles. The number of halogens is 1. The third-order valence-corrected chi connectivity index (χ3v) is 8.66. The summed E-state index contributed by atoms with van der Waals surface area (Å²) in [7, 11) is 0. The molecule has 1 N–H and O–H groups in total. The molecular formula is C26H23BrN2O3. The van der Waals surface area contributed by atoms with E-state index in [9.17, 15) is 14.4 Å². The van der Waals surface area contributed by atoms with E-state index in [0.717, 1.165) is 27.7 Å². The Bertz CT molecular complexity index is 1180. The Morgan fingerprint density at radius 1 is 0.938 bits per heavy atom. The maximum absolute atomic E-state index is 13.2. The molecule has 5 nitrogen and oxygen atoms in total. The van der Waals surface area contributed by atoms with Crippen LogP contribution in [0.2, 0.25) is 0 Å².